The van der Waals surface area contributed by atoms with Crippen molar-refractivity contribution in [3.8, 4) is 5.75 Å². The van der Waals surface area contributed by atoms with Crippen LogP contribution in [0.15, 0.2) is 53.0 Å². The first-order valence-electron chi connectivity index (χ1n) is 7.48. The molecule has 0 aliphatic rings. The molecule has 2 rings (SSSR count). The highest BCUT2D eigenvalue weighted by Crippen LogP contribution is 2.25. The highest BCUT2D eigenvalue weighted by Gasteiger charge is 2.22. The number of hydrogen-bond donors (Lipinski definition) is 0. The lowest BCUT2D eigenvalue weighted by molar-refractivity contribution is -0.155. The van der Waals surface area contributed by atoms with E-state index in [-0.39, 0.29) is 5.91 Å². The number of benzene rings is 2. The van der Waals surface area contributed by atoms with Gasteiger partial charge in [-0.05, 0) is 53.2 Å². The summed E-state index contributed by atoms with van der Waals surface area (Å²) >= 11 is 3.14. The molecular weight excluding hydrogens is 393 g/mol. The van der Waals surface area contributed by atoms with Crippen molar-refractivity contribution in [1.82, 2.24) is 0 Å². The summed E-state index contributed by atoms with van der Waals surface area (Å²) in [4.78, 5) is 25.6. The van der Waals surface area contributed by atoms with Gasteiger partial charge in [0, 0.05) is 12.7 Å². The molecule has 0 unspecified atom stereocenters. The van der Waals surface area contributed by atoms with E-state index in [2.05, 4.69) is 15.9 Å². The number of nitrogens with zero attached hydrogens (tertiary/aromatic N) is 1. The number of anilines is 1. The van der Waals surface area contributed by atoms with E-state index in [1.165, 1.54) is 30.0 Å². The fourth-order valence-electron chi connectivity index (χ4n) is 2.06. The smallest absolute Gasteiger partial charge is 0.344 e. The third-order valence-electron chi connectivity index (χ3n) is 3.37. The molecule has 0 saturated heterocycles. The maximum Gasteiger partial charge on any atom is 0.344 e. The highest BCUT2D eigenvalue weighted by molar-refractivity contribution is 9.10. The zero-order chi connectivity index (χ0) is 18.4. The molecule has 25 heavy (non-hydrogen) atoms. The molecule has 1 atom stereocenters. The SMILES string of the molecule is C[C@@H](OC(=O)COc1ccc(F)cc1Br)C(=O)N(C)c1ccccc1. The second-order valence-corrected chi connectivity index (χ2v) is 6.08. The summed E-state index contributed by atoms with van der Waals surface area (Å²) in [6.07, 6.45) is -0.960. The van der Waals surface area contributed by atoms with E-state index in [1.807, 2.05) is 18.2 Å². The van der Waals surface area contributed by atoms with Crippen LogP contribution in [0.1, 0.15) is 6.92 Å². The number of amides is 1. The Hall–Kier alpha value is -2.41. The predicted octanol–water partition coefficient (Wildman–Crippen LogP) is 3.56. The van der Waals surface area contributed by atoms with E-state index in [0.29, 0.717) is 15.9 Å². The van der Waals surface area contributed by atoms with Crippen LogP contribution in [0.5, 0.6) is 5.75 Å². The van der Waals surface area contributed by atoms with E-state index >= 15 is 0 Å². The minimum Gasteiger partial charge on any atom is -0.481 e. The molecule has 0 fully saturated rings. The van der Waals surface area contributed by atoms with Gasteiger partial charge >= 0.3 is 5.97 Å². The number of carbonyl (C=O) groups is 2. The van der Waals surface area contributed by atoms with E-state index in [4.69, 9.17) is 9.47 Å². The summed E-state index contributed by atoms with van der Waals surface area (Å²) < 4.78 is 23.7. The van der Waals surface area contributed by atoms with E-state index in [0.717, 1.165) is 0 Å². The molecular formula is C18H17BrFNO4. The minimum absolute atomic E-state index is 0.304. The molecule has 0 aliphatic carbocycles. The summed E-state index contributed by atoms with van der Waals surface area (Å²) in [5.74, 6) is -1.18. The Morgan fingerprint density at radius 3 is 2.52 bits per heavy atom. The van der Waals surface area contributed by atoms with Crippen molar-refractivity contribution in [3.63, 3.8) is 0 Å². The predicted molar refractivity (Wildman–Crippen MR) is 95.0 cm³/mol. The first-order valence-corrected chi connectivity index (χ1v) is 8.27. The Morgan fingerprint density at radius 1 is 1.20 bits per heavy atom. The molecule has 0 aromatic heterocycles. The molecule has 1 amide bonds. The highest BCUT2D eigenvalue weighted by atomic mass is 79.9. The average molecular weight is 410 g/mol. The minimum atomic E-state index is -0.960. The average Bonchev–Trinajstić information content (AvgIpc) is 2.60. The van der Waals surface area contributed by atoms with Gasteiger partial charge in [0.15, 0.2) is 12.7 Å². The Labute approximate surface area is 153 Å². The summed E-state index contributed by atoms with van der Waals surface area (Å²) in [7, 11) is 1.61. The number of likely N-dealkylation sites (N-methyl/N-ethyl adjacent to an activating group) is 1. The molecule has 0 saturated carbocycles. The van der Waals surface area contributed by atoms with Gasteiger partial charge < -0.3 is 14.4 Å². The lowest BCUT2D eigenvalue weighted by atomic mass is 10.2. The second-order valence-electron chi connectivity index (χ2n) is 5.23. The second kappa shape index (κ2) is 8.62. The van der Waals surface area contributed by atoms with Gasteiger partial charge in [-0.25, -0.2) is 9.18 Å². The number of rotatable bonds is 6. The standard InChI is InChI=1S/C18H17BrFNO4/c1-12(18(23)21(2)14-6-4-3-5-7-14)25-17(22)11-24-16-9-8-13(20)10-15(16)19/h3-10,12H,11H2,1-2H3/t12-/m1/s1. The topological polar surface area (TPSA) is 55.8 Å². The molecule has 0 bridgehead atoms. The van der Waals surface area contributed by atoms with Gasteiger partial charge in [0.2, 0.25) is 0 Å². The van der Waals surface area contributed by atoms with Crippen molar-refractivity contribution in [3.05, 3.63) is 58.8 Å². The monoisotopic (exact) mass is 409 g/mol. The van der Waals surface area contributed by atoms with Crippen LogP contribution >= 0.6 is 15.9 Å². The molecule has 5 nitrogen and oxygen atoms in total. The van der Waals surface area contributed by atoms with E-state index in [9.17, 15) is 14.0 Å². The Kier molecular flexibility index (Phi) is 6.52. The van der Waals surface area contributed by atoms with Gasteiger partial charge in [0.1, 0.15) is 11.6 Å². The molecule has 2 aromatic rings. The van der Waals surface area contributed by atoms with Gasteiger partial charge in [-0.3, -0.25) is 4.79 Å². The molecule has 0 spiro atoms. The quantitative estimate of drug-likeness (QED) is 0.684. The fraction of sp³-hybridized carbons (Fsp3) is 0.222. The Balaban J connectivity index is 1.88. The summed E-state index contributed by atoms with van der Waals surface area (Å²) in [6, 6.07) is 12.9. The molecule has 0 aliphatic heterocycles. The summed E-state index contributed by atoms with van der Waals surface area (Å²) in [5.41, 5.74) is 0.696. The largest absolute Gasteiger partial charge is 0.481 e. The third-order valence-corrected chi connectivity index (χ3v) is 3.99. The molecule has 0 N–H and O–H groups in total. The zero-order valence-electron chi connectivity index (χ0n) is 13.7. The molecule has 2 aromatic carbocycles. The van der Waals surface area contributed by atoms with Crippen LogP contribution in [0.25, 0.3) is 0 Å². The summed E-state index contributed by atoms with van der Waals surface area (Å²) in [5, 5.41) is 0. The first-order chi connectivity index (χ1) is 11.9. The lowest BCUT2D eigenvalue weighted by Crippen LogP contribution is -2.38. The van der Waals surface area contributed by atoms with Crippen LogP contribution in [-0.4, -0.2) is 31.6 Å². The first kappa shape index (κ1) is 18.9. The number of carbonyl (C=O) groups excluding carboxylic acids is 2. The number of halogens is 2. The van der Waals surface area contributed by atoms with Crippen LogP contribution < -0.4 is 9.64 Å². The van der Waals surface area contributed by atoms with Crippen LogP contribution in [-0.2, 0) is 14.3 Å². The van der Waals surface area contributed by atoms with Crippen molar-refractivity contribution in [1.29, 1.82) is 0 Å². The molecule has 0 radical (unpaired) electrons. The van der Waals surface area contributed by atoms with Crippen LogP contribution in [0.4, 0.5) is 10.1 Å². The van der Waals surface area contributed by atoms with Gasteiger partial charge in [0.25, 0.3) is 5.91 Å². The molecule has 0 heterocycles. The Bertz CT molecular complexity index is 754. The lowest BCUT2D eigenvalue weighted by Gasteiger charge is -2.21. The fourth-order valence-corrected chi connectivity index (χ4v) is 2.53. The normalized spacial score (nSPS) is 11.5. The van der Waals surface area contributed by atoms with E-state index in [1.54, 1.807) is 19.2 Å². The maximum absolute atomic E-state index is 13.0. The number of esters is 1. The number of hydrogen-bond acceptors (Lipinski definition) is 4. The van der Waals surface area contributed by atoms with Crippen LogP contribution in [0, 0.1) is 5.82 Å². The van der Waals surface area contributed by atoms with Crippen LogP contribution in [0.3, 0.4) is 0 Å². The maximum atomic E-state index is 13.0. The molecule has 132 valence electrons. The number of ether oxygens (including phenoxy) is 2. The zero-order valence-corrected chi connectivity index (χ0v) is 15.3. The summed E-state index contributed by atoms with van der Waals surface area (Å²) in [6.45, 7) is 1.10. The van der Waals surface area contributed by atoms with Crippen LogP contribution in [0.2, 0.25) is 0 Å². The van der Waals surface area contributed by atoms with Crippen molar-refractivity contribution in [2.24, 2.45) is 0 Å². The van der Waals surface area contributed by atoms with E-state index < -0.39 is 24.5 Å². The number of para-hydroxylation sites is 1. The Morgan fingerprint density at radius 2 is 1.88 bits per heavy atom. The molecule has 7 heteroatoms. The van der Waals surface area contributed by atoms with Crippen molar-refractivity contribution in [2.75, 3.05) is 18.6 Å². The van der Waals surface area contributed by atoms with Gasteiger partial charge in [-0.2, -0.15) is 0 Å². The van der Waals surface area contributed by atoms with Gasteiger partial charge in [0.05, 0.1) is 4.47 Å². The van der Waals surface area contributed by atoms with Crippen molar-refractivity contribution >= 4 is 33.5 Å². The van der Waals surface area contributed by atoms with Crippen molar-refractivity contribution in [2.45, 2.75) is 13.0 Å². The third kappa shape index (κ3) is 5.29. The van der Waals surface area contributed by atoms with Crippen molar-refractivity contribution < 1.29 is 23.5 Å². The van der Waals surface area contributed by atoms with Gasteiger partial charge in [-0.15, -0.1) is 0 Å². The van der Waals surface area contributed by atoms with Gasteiger partial charge in [-0.1, -0.05) is 18.2 Å².